The summed E-state index contributed by atoms with van der Waals surface area (Å²) in [5.74, 6) is 0.934. The van der Waals surface area contributed by atoms with Crippen LogP contribution in [0.25, 0.3) is 0 Å². The van der Waals surface area contributed by atoms with Crippen LogP contribution in [0.4, 0.5) is 0 Å². The molecule has 4 heteroatoms. The predicted molar refractivity (Wildman–Crippen MR) is 66.1 cm³/mol. The van der Waals surface area contributed by atoms with Crippen LogP contribution < -0.4 is 10.5 Å². The molecular formula is C11H17BrN2O. The fourth-order valence-electron chi connectivity index (χ4n) is 1.35. The average molecular weight is 273 g/mol. The second kappa shape index (κ2) is 6.10. The lowest BCUT2D eigenvalue weighted by Gasteiger charge is -2.15. The highest BCUT2D eigenvalue weighted by atomic mass is 79.9. The lowest BCUT2D eigenvalue weighted by atomic mass is 10.1. The average Bonchev–Trinajstić information content (AvgIpc) is 2.26. The van der Waals surface area contributed by atoms with Gasteiger partial charge in [0.2, 0.25) is 0 Å². The molecule has 2 N–H and O–H groups in total. The van der Waals surface area contributed by atoms with Gasteiger partial charge in [-0.3, -0.25) is 4.90 Å². The Morgan fingerprint density at radius 1 is 1.47 bits per heavy atom. The van der Waals surface area contributed by atoms with E-state index in [-0.39, 0.29) is 0 Å². The summed E-state index contributed by atoms with van der Waals surface area (Å²) in [5.41, 5.74) is 6.72. The molecule has 15 heavy (non-hydrogen) atoms. The van der Waals surface area contributed by atoms with Crippen LogP contribution in [-0.2, 0) is 6.42 Å². The number of ether oxygens (including phenoxy) is 1. The summed E-state index contributed by atoms with van der Waals surface area (Å²) in [5, 5.41) is 0. The van der Waals surface area contributed by atoms with Gasteiger partial charge in [-0.1, -0.05) is 15.9 Å². The summed E-state index contributed by atoms with van der Waals surface area (Å²) in [6.07, 6.45) is 0.941. The summed E-state index contributed by atoms with van der Waals surface area (Å²) in [6.45, 7) is 1.51. The third-order valence-electron chi connectivity index (χ3n) is 2.32. The molecule has 0 radical (unpaired) electrons. The predicted octanol–water partition coefficient (Wildman–Crippen LogP) is 1.85. The van der Waals surface area contributed by atoms with Gasteiger partial charge < -0.3 is 10.5 Å². The summed E-state index contributed by atoms with van der Waals surface area (Å²) in [6, 6.07) is 6.04. The Balaban J connectivity index is 2.69. The van der Waals surface area contributed by atoms with Crippen molar-refractivity contribution in [2.75, 3.05) is 27.4 Å². The van der Waals surface area contributed by atoms with Crippen LogP contribution in [-0.4, -0.2) is 32.3 Å². The number of nitrogens with two attached hydrogens (primary N) is 1. The molecule has 0 aliphatic rings. The first-order valence-corrected chi connectivity index (χ1v) is 5.67. The van der Waals surface area contributed by atoms with E-state index in [0.29, 0.717) is 6.67 Å². The summed E-state index contributed by atoms with van der Waals surface area (Å²) >= 11 is 3.46. The van der Waals surface area contributed by atoms with Gasteiger partial charge in [-0.05, 0) is 37.2 Å². The first-order valence-electron chi connectivity index (χ1n) is 4.88. The largest absolute Gasteiger partial charge is 0.496 e. The van der Waals surface area contributed by atoms with Crippen LogP contribution in [0, 0.1) is 0 Å². The van der Waals surface area contributed by atoms with Crippen molar-refractivity contribution < 1.29 is 4.74 Å². The molecule has 0 bridgehead atoms. The molecule has 0 spiro atoms. The van der Waals surface area contributed by atoms with Crippen LogP contribution in [0.5, 0.6) is 5.75 Å². The zero-order chi connectivity index (χ0) is 11.3. The molecule has 1 rings (SSSR count). The first-order chi connectivity index (χ1) is 7.17. The molecule has 0 aliphatic heterocycles. The van der Waals surface area contributed by atoms with Gasteiger partial charge in [0.1, 0.15) is 5.75 Å². The van der Waals surface area contributed by atoms with Gasteiger partial charge >= 0.3 is 0 Å². The first kappa shape index (κ1) is 12.5. The van der Waals surface area contributed by atoms with Crippen molar-refractivity contribution in [2.45, 2.75) is 6.42 Å². The van der Waals surface area contributed by atoms with E-state index in [1.165, 1.54) is 5.56 Å². The minimum atomic E-state index is 0.580. The van der Waals surface area contributed by atoms with E-state index in [4.69, 9.17) is 10.5 Å². The van der Waals surface area contributed by atoms with Crippen molar-refractivity contribution in [2.24, 2.45) is 5.73 Å². The molecule has 0 aliphatic carbocycles. The molecule has 3 nitrogen and oxygen atoms in total. The molecular weight excluding hydrogens is 256 g/mol. The van der Waals surface area contributed by atoms with E-state index < -0.39 is 0 Å². The van der Waals surface area contributed by atoms with Gasteiger partial charge in [0.05, 0.1) is 7.11 Å². The molecule has 0 saturated carbocycles. The van der Waals surface area contributed by atoms with E-state index >= 15 is 0 Å². The third kappa shape index (κ3) is 3.81. The van der Waals surface area contributed by atoms with Crippen LogP contribution in [0.2, 0.25) is 0 Å². The molecule has 0 atom stereocenters. The Morgan fingerprint density at radius 3 is 2.80 bits per heavy atom. The maximum Gasteiger partial charge on any atom is 0.122 e. The fourth-order valence-corrected chi connectivity index (χ4v) is 1.75. The zero-order valence-corrected chi connectivity index (χ0v) is 10.8. The van der Waals surface area contributed by atoms with Crippen LogP contribution >= 0.6 is 15.9 Å². The summed E-state index contributed by atoms with van der Waals surface area (Å²) < 4.78 is 6.37. The highest BCUT2D eigenvalue weighted by Gasteiger charge is 2.04. The molecule has 0 unspecified atom stereocenters. The van der Waals surface area contributed by atoms with Crippen molar-refractivity contribution in [3.05, 3.63) is 28.2 Å². The fraction of sp³-hybridized carbons (Fsp3) is 0.455. The monoisotopic (exact) mass is 272 g/mol. The summed E-state index contributed by atoms with van der Waals surface area (Å²) in [7, 11) is 3.70. The Morgan fingerprint density at radius 2 is 2.20 bits per heavy atom. The second-order valence-corrected chi connectivity index (χ2v) is 4.38. The van der Waals surface area contributed by atoms with Crippen LogP contribution in [0.3, 0.4) is 0 Å². The van der Waals surface area contributed by atoms with E-state index in [2.05, 4.69) is 26.9 Å². The Labute approximate surface area is 99.3 Å². The molecule has 0 heterocycles. The third-order valence-corrected chi connectivity index (χ3v) is 2.81. The number of likely N-dealkylation sites (N-methyl/N-ethyl adjacent to an activating group) is 1. The minimum Gasteiger partial charge on any atom is -0.496 e. The second-order valence-electron chi connectivity index (χ2n) is 3.47. The Hall–Kier alpha value is -0.580. The van der Waals surface area contributed by atoms with Crippen LogP contribution in [0.1, 0.15) is 5.56 Å². The summed E-state index contributed by atoms with van der Waals surface area (Å²) in [4.78, 5) is 2.07. The van der Waals surface area contributed by atoms with E-state index in [0.717, 1.165) is 23.2 Å². The van der Waals surface area contributed by atoms with Crippen molar-refractivity contribution in [1.29, 1.82) is 0 Å². The number of hydrogen-bond acceptors (Lipinski definition) is 3. The van der Waals surface area contributed by atoms with Gasteiger partial charge in [0.15, 0.2) is 0 Å². The van der Waals surface area contributed by atoms with Crippen molar-refractivity contribution in [3.8, 4) is 5.75 Å². The molecule has 0 fully saturated rings. The quantitative estimate of drug-likeness (QED) is 0.832. The highest BCUT2D eigenvalue weighted by Crippen LogP contribution is 2.23. The van der Waals surface area contributed by atoms with E-state index in [1.807, 2.05) is 19.2 Å². The number of rotatable bonds is 5. The highest BCUT2D eigenvalue weighted by molar-refractivity contribution is 9.10. The van der Waals surface area contributed by atoms with Crippen LogP contribution in [0.15, 0.2) is 22.7 Å². The van der Waals surface area contributed by atoms with Crippen molar-refractivity contribution >= 4 is 15.9 Å². The number of halogens is 1. The van der Waals surface area contributed by atoms with Crippen molar-refractivity contribution in [1.82, 2.24) is 4.90 Å². The maximum atomic E-state index is 5.52. The zero-order valence-electron chi connectivity index (χ0n) is 9.16. The molecule has 84 valence electrons. The molecule has 1 aromatic carbocycles. The van der Waals surface area contributed by atoms with E-state index in [1.54, 1.807) is 7.11 Å². The minimum absolute atomic E-state index is 0.580. The Kier molecular flexibility index (Phi) is 5.08. The lowest BCUT2D eigenvalue weighted by molar-refractivity contribution is 0.344. The van der Waals surface area contributed by atoms with Gasteiger partial charge in [-0.25, -0.2) is 0 Å². The van der Waals surface area contributed by atoms with E-state index in [9.17, 15) is 0 Å². The lowest BCUT2D eigenvalue weighted by Crippen LogP contribution is -2.27. The Bertz CT molecular complexity index is 317. The van der Waals surface area contributed by atoms with Crippen molar-refractivity contribution in [3.63, 3.8) is 0 Å². The molecule has 0 amide bonds. The SMILES string of the molecule is COc1ccc(Br)cc1CCN(C)CN. The van der Waals surface area contributed by atoms with Gasteiger partial charge in [-0.15, -0.1) is 0 Å². The normalized spacial score (nSPS) is 10.7. The number of hydrogen-bond donors (Lipinski definition) is 1. The topological polar surface area (TPSA) is 38.5 Å². The number of methoxy groups -OCH3 is 1. The van der Waals surface area contributed by atoms with Gasteiger partial charge in [-0.2, -0.15) is 0 Å². The number of benzene rings is 1. The molecule has 0 saturated heterocycles. The van der Waals surface area contributed by atoms with Gasteiger partial charge in [0, 0.05) is 17.7 Å². The van der Waals surface area contributed by atoms with Gasteiger partial charge in [0.25, 0.3) is 0 Å². The molecule has 1 aromatic rings. The number of nitrogens with zero attached hydrogens (tertiary/aromatic N) is 1. The molecule has 0 aromatic heterocycles. The maximum absolute atomic E-state index is 5.52. The smallest absolute Gasteiger partial charge is 0.122 e. The standard InChI is InChI=1S/C11H17BrN2O/c1-14(8-13)6-5-9-7-10(12)3-4-11(9)15-2/h3-4,7H,5-6,8,13H2,1-2H3.